The molecule has 0 radical (unpaired) electrons. The monoisotopic (exact) mass is 444 g/mol. The van der Waals surface area contributed by atoms with Crippen LogP contribution in [0.4, 0.5) is 0 Å². The van der Waals surface area contributed by atoms with Gasteiger partial charge in [0.1, 0.15) is 10.6 Å². The average Bonchev–Trinajstić information content (AvgIpc) is 2.61. The predicted octanol–water partition coefficient (Wildman–Crippen LogP) is 3.66. The molecule has 0 aliphatic heterocycles. The largest absolute Gasteiger partial charge is 0.497 e. The summed E-state index contributed by atoms with van der Waals surface area (Å²) in [6.07, 6.45) is 0.481. The van der Waals surface area contributed by atoms with Crippen molar-refractivity contribution in [1.82, 2.24) is 10.0 Å². The first kappa shape index (κ1) is 22.5. The first-order chi connectivity index (χ1) is 13.1. The van der Waals surface area contributed by atoms with E-state index in [-0.39, 0.29) is 33.1 Å². The minimum Gasteiger partial charge on any atom is -0.497 e. The van der Waals surface area contributed by atoms with Gasteiger partial charge < -0.3 is 10.1 Å². The molecule has 2 aromatic carbocycles. The van der Waals surface area contributed by atoms with Crippen molar-refractivity contribution < 1.29 is 17.9 Å². The molecule has 0 saturated carbocycles. The van der Waals surface area contributed by atoms with E-state index in [1.807, 2.05) is 12.1 Å². The fourth-order valence-corrected chi connectivity index (χ4v) is 4.34. The first-order valence-electron chi connectivity index (χ1n) is 8.56. The number of rotatable bonds is 8. The summed E-state index contributed by atoms with van der Waals surface area (Å²) in [6.45, 7) is 3.75. The van der Waals surface area contributed by atoms with Gasteiger partial charge in [-0.15, -0.1) is 0 Å². The van der Waals surface area contributed by atoms with Gasteiger partial charge >= 0.3 is 0 Å². The van der Waals surface area contributed by atoms with Gasteiger partial charge in [0, 0.05) is 12.6 Å². The normalized spacial score (nSPS) is 11.5. The molecule has 28 heavy (non-hydrogen) atoms. The number of nitrogens with one attached hydrogen (secondary N) is 2. The number of carbonyl (C=O) groups is 1. The molecular formula is C19H22Cl2N2O4S. The van der Waals surface area contributed by atoms with Gasteiger partial charge in [-0.1, -0.05) is 35.3 Å². The maximum Gasteiger partial charge on any atom is 0.253 e. The van der Waals surface area contributed by atoms with Gasteiger partial charge in [-0.25, -0.2) is 13.1 Å². The number of hydrogen-bond donors (Lipinski definition) is 2. The number of sulfonamides is 1. The lowest BCUT2D eigenvalue weighted by molar-refractivity contribution is 0.0943. The highest BCUT2D eigenvalue weighted by Gasteiger charge is 2.22. The molecule has 0 unspecified atom stereocenters. The lowest BCUT2D eigenvalue weighted by Crippen LogP contribution is -2.31. The van der Waals surface area contributed by atoms with Crippen LogP contribution in [0.2, 0.25) is 10.0 Å². The van der Waals surface area contributed by atoms with Crippen LogP contribution in [0.5, 0.6) is 5.75 Å². The van der Waals surface area contributed by atoms with Gasteiger partial charge in [-0.3, -0.25) is 4.79 Å². The van der Waals surface area contributed by atoms with Crippen molar-refractivity contribution in [2.75, 3.05) is 13.7 Å². The second-order valence-electron chi connectivity index (χ2n) is 6.39. The van der Waals surface area contributed by atoms with Crippen LogP contribution in [0.3, 0.4) is 0 Å². The topological polar surface area (TPSA) is 84.5 Å². The van der Waals surface area contributed by atoms with Crippen LogP contribution >= 0.6 is 23.2 Å². The number of benzene rings is 2. The Morgan fingerprint density at radius 1 is 1.11 bits per heavy atom. The van der Waals surface area contributed by atoms with Crippen molar-refractivity contribution in [3.8, 4) is 5.75 Å². The van der Waals surface area contributed by atoms with Crippen LogP contribution in [0.25, 0.3) is 0 Å². The highest BCUT2D eigenvalue weighted by molar-refractivity contribution is 7.89. The molecule has 2 aromatic rings. The Balaban J connectivity index is 2.16. The lowest BCUT2D eigenvalue weighted by Gasteiger charge is -2.13. The Hall–Kier alpha value is -1.80. The Bertz CT molecular complexity index is 945. The van der Waals surface area contributed by atoms with E-state index >= 15 is 0 Å². The molecule has 0 heterocycles. The number of ether oxygens (including phenoxy) is 1. The molecule has 0 bridgehead atoms. The molecular weight excluding hydrogens is 423 g/mol. The molecule has 0 aliphatic rings. The quantitative estimate of drug-likeness (QED) is 0.650. The molecule has 152 valence electrons. The molecule has 2 N–H and O–H groups in total. The summed E-state index contributed by atoms with van der Waals surface area (Å²) in [5, 5.41) is 2.71. The molecule has 0 atom stereocenters. The van der Waals surface area contributed by atoms with E-state index in [9.17, 15) is 13.2 Å². The molecule has 0 saturated heterocycles. The summed E-state index contributed by atoms with van der Waals surface area (Å²) in [4.78, 5) is 12.1. The zero-order valence-electron chi connectivity index (χ0n) is 15.8. The summed E-state index contributed by atoms with van der Waals surface area (Å²) in [5.74, 6) is 0.260. The number of halogens is 2. The molecule has 0 aliphatic carbocycles. The van der Waals surface area contributed by atoms with Crippen molar-refractivity contribution in [3.63, 3.8) is 0 Å². The Kier molecular flexibility index (Phi) is 7.71. The van der Waals surface area contributed by atoms with Gasteiger partial charge in [0.15, 0.2) is 0 Å². The van der Waals surface area contributed by atoms with Gasteiger partial charge in [0.2, 0.25) is 10.0 Å². The van der Waals surface area contributed by atoms with E-state index in [0.717, 1.165) is 11.3 Å². The number of methoxy groups -OCH3 is 1. The van der Waals surface area contributed by atoms with Crippen molar-refractivity contribution in [2.45, 2.75) is 31.2 Å². The average molecular weight is 445 g/mol. The van der Waals surface area contributed by atoms with Crippen molar-refractivity contribution in [1.29, 1.82) is 0 Å². The van der Waals surface area contributed by atoms with Gasteiger partial charge in [0.05, 0.1) is 22.7 Å². The molecule has 0 aromatic heterocycles. The highest BCUT2D eigenvalue weighted by atomic mass is 35.5. The van der Waals surface area contributed by atoms with Gasteiger partial charge in [-0.05, 0) is 50.1 Å². The number of hydrogen-bond acceptors (Lipinski definition) is 4. The van der Waals surface area contributed by atoms with E-state index in [4.69, 9.17) is 27.9 Å². The van der Waals surface area contributed by atoms with Gasteiger partial charge in [0.25, 0.3) is 5.91 Å². The Morgan fingerprint density at radius 3 is 2.32 bits per heavy atom. The van der Waals surface area contributed by atoms with Crippen molar-refractivity contribution >= 4 is 39.1 Å². The van der Waals surface area contributed by atoms with E-state index in [0.29, 0.717) is 6.42 Å². The van der Waals surface area contributed by atoms with E-state index < -0.39 is 15.9 Å². The minimum absolute atomic E-state index is 0.0512. The van der Waals surface area contributed by atoms with Crippen LogP contribution < -0.4 is 14.8 Å². The molecule has 9 heteroatoms. The number of carbonyl (C=O) groups excluding carboxylic acids is 1. The summed E-state index contributed by atoms with van der Waals surface area (Å²) in [6, 6.07) is 9.66. The van der Waals surface area contributed by atoms with E-state index in [2.05, 4.69) is 10.0 Å². The molecule has 0 fully saturated rings. The molecule has 0 spiro atoms. The second kappa shape index (κ2) is 9.60. The fourth-order valence-electron chi connectivity index (χ4n) is 2.45. The van der Waals surface area contributed by atoms with Gasteiger partial charge in [-0.2, -0.15) is 0 Å². The third kappa shape index (κ3) is 5.85. The molecule has 2 rings (SSSR count). The van der Waals surface area contributed by atoms with Crippen LogP contribution in [0.15, 0.2) is 41.3 Å². The maximum absolute atomic E-state index is 12.7. The fraction of sp³-hybridized carbons (Fsp3) is 0.316. The summed E-state index contributed by atoms with van der Waals surface area (Å²) < 4.78 is 32.9. The molecule has 1 amide bonds. The van der Waals surface area contributed by atoms with Crippen LogP contribution in [0, 0.1) is 0 Å². The third-order valence-electron chi connectivity index (χ3n) is 3.84. The van der Waals surface area contributed by atoms with Crippen LogP contribution in [-0.4, -0.2) is 34.0 Å². The van der Waals surface area contributed by atoms with Crippen molar-refractivity contribution in [2.24, 2.45) is 0 Å². The lowest BCUT2D eigenvalue weighted by atomic mass is 10.1. The number of amides is 1. The summed E-state index contributed by atoms with van der Waals surface area (Å²) >= 11 is 12.1. The standard InChI is InChI=1S/C19H22Cl2N2O4S/c1-12(2)23-19(24)15-10-18(17(21)11-16(15)20)28(25,26)22-9-8-13-4-6-14(27-3)7-5-13/h4-7,10-12,22H,8-9H2,1-3H3,(H,23,24). The van der Waals surface area contributed by atoms with E-state index in [1.54, 1.807) is 33.1 Å². The zero-order valence-corrected chi connectivity index (χ0v) is 18.1. The third-order valence-corrected chi connectivity index (χ3v) is 6.08. The zero-order chi connectivity index (χ0) is 20.9. The van der Waals surface area contributed by atoms with Crippen LogP contribution in [0.1, 0.15) is 29.8 Å². The Morgan fingerprint density at radius 2 is 1.75 bits per heavy atom. The predicted molar refractivity (Wildman–Crippen MR) is 111 cm³/mol. The Labute approximate surface area is 175 Å². The first-order valence-corrected chi connectivity index (χ1v) is 10.8. The van der Waals surface area contributed by atoms with Crippen LogP contribution in [-0.2, 0) is 16.4 Å². The summed E-state index contributed by atoms with van der Waals surface area (Å²) in [7, 11) is -2.34. The molecule has 6 nitrogen and oxygen atoms in total. The SMILES string of the molecule is COc1ccc(CCNS(=O)(=O)c2cc(C(=O)NC(C)C)c(Cl)cc2Cl)cc1. The maximum atomic E-state index is 12.7. The van der Waals surface area contributed by atoms with Crippen molar-refractivity contribution in [3.05, 3.63) is 57.6 Å². The summed E-state index contributed by atoms with van der Waals surface area (Å²) in [5.41, 5.74) is 0.998. The highest BCUT2D eigenvalue weighted by Crippen LogP contribution is 2.28. The smallest absolute Gasteiger partial charge is 0.253 e. The second-order valence-corrected chi connectivity index (χ2v) is 8.94. The minimum atomic E-state index is -3.92. The van der Waals surface area contributed by atoms with E-state index in [1.165, 1.54) is 12.1 Å².